The van der Waals surface area contributed by atoms with Gasteiger partial charge in [0.25, 0.3) is 5.91 Å². The number of carbonyl (C=O) groups is 1. The van der Waals surface area contributed by atoms with E-state index in [1.807, 2.05) is 37.3 Å². The van der Waals surface area contributed by atoms with Crippen molar-refractivity contribution in [3.05, 3.63) is 65.2 Å². The molecule has 0 heterocycles. The maximum absolute atomic E-state index is 12.3. The largest absolute Gasteiger partial charge is 0.395 e. The Kier molecular flexibility index (Phi) is 5.14. The molecule has 0 aliphatic heterocycles. The van der Waals surface area contributed by atoms with E-state index in [4.69, 9.17) is 5.11 Å². The first-order chi connectivity index (χ1) is 10.2. The van der Waals surface area contributed by atoms with Gasteiger partial charge in [-0.25, -0.2) is 0 Å². The van der Waals surface area contributed by atoms with Crippen LogP contribution in [0.4, 0.5) is 5.69 Å². The molecular weight excluding hydrogens is 262 g/mol. The van der Waals surface area contributed by atoms with Crippen LogP contribution in [0.5, 0.6) is 0 Å². The second-order valence-corrected chi connectivity index (χ2v) is 4.64. The van der Waals surface area contributed by atoms with E-state index in [-0.39, 0.29) is 12.5 Å². The smallest absolute Gasteiger partial charge is 0.256 e. The Morgan fingerprint density at radius 3 is 2.57 bits per heavy atom. The first-order valence-electron chi connectivity index (χ1n) is 6.77. The molecule has 0 aliphatic rings. The lowest BCUT2D eigenvalue weighted by Crippen LogP contribution is -2.13. The molecule has 0 fully saturated rings. The number of hydrogen-bond acceptors (Lipinski definition) is 2. The zero-order chi connectivity index (χ0) is 15.1. The normalized spacial score (nSPS) is 9.62. The van der Waals surface area contributed by atoms with Crippen LogP contribution in [0, 0.1) is 18.8 Å². The van der Waals surface area contributed by atoms with Crippen LogP contribution in [0.2, 0.25) is 0 Å². The molecule has 0 saturated heterocycles. The summed E-state index contributed by atoms with van der Waals surface area (Å²) in [5.74, 6) is 5.57. The summed E-state index contributed by atoms with van der Waals surface area (Å²) in [4.78, 5) is 12.3. The lowest BCUT2D eigenvalue weighted by atomic mass is 10.1. The Bertz CT molecular complexity index is 678. The Hall–Kier alpha value is -2.57. The fourth-order valence-corrected chi connectivity index (χ4v) is 1.84. The molecule has 2 N–H and O–H groups in total. The summed E-state index contributed by atoms with van der Waals surface area (Å²) in [5.41, 5.74) is 3.09. The van der Waals surface area contributed by atoms with Crippen molar-refractivity contribution in [3.63, 3.8) is 0 Å². The summed E-state index contributed by atoms with van der Waals surface area (Å²) in [5, 5.41) is 11.6. The first-order valence-corrected chi connectivity index (χ1v) is 6.77. The molecule has 106 valence electrons. The fraction of sp³-hybridized carbons (Fsp3) is 0.167. The highest BCUT2D eigenvalue weighted by Gasteiger charge is 2.09. The average molecular weight is 279 g/mol. The van der Waals surface area contributed by atoms with Crippen molar-refractivity contribution in [3.8, 4) is 11.8 Å². The van der Waals surface area contributed by atoms with E-state index in [1.54, 1.807) is 18.2 Å². The van der Waals surface area contributed by atoms with Gasteiger partial charge in [0.2, 0.25) is 0 Å². The van der Waals surface area contributed by atoms with Crippen molar-refractivity contribution < 1.29 is 9.90 Å². The predicted octanol–water partition coefficient (Wildman–Crippen LogP) is 2.98. The predicted molar refractivity (Wildman–Crippen MR) is 84.2 cm³/mol. The van der Waals surface area contributed by atoms with Crippen molar-refractivity contribution in [1.82, 2.24) is 0 Å². The third-order valence-electron chi connectivity index (χ3n) is 2.94. The van der Waals surface area contributed by atoms with Gasteiger partial charge in [0.05, 0.1) is 12.2 Å². The topological polar surface area (TPSA) is 49.3 Å². The number of anilines is 1. The molecule has 1 amide bonds. The van der Waals surface area contributed by atoms with Crippen molar-refractivity contribution in [2.75, 3.05) is 11.9 Å². The molecule has 0 aliphatic carbocycles. The van der Waals surface area contributed by atoms with Crippen LogP contribution in [0.25, 0.3) is 0 Å². The number of benzene rings is 2. The summed E-state index contributed by atoms with van der Waals surface area (Å²) >= 11 is 0. The van der Waals surface area contributed by atoms with E-state index in [0.29, 0.717) is 17.5 Å². The van der Waals surface area contributed by atoms with Crippen LogP contribution in [0.1, 0.15) is 27.9 Å². The summed E-state index contributed by atoms with van der Waals surface area (Å²) < 4.78 is 0. The fourth-order valence-electron chi connectivity index (χ4n) is 1.84. The van der Waals surface area contributed by atoms with Gasteiger partial charge in [-0.3, -0.25) is 4.79 Å². The number of hydrogen-bond donors (Lipinski definition) is 2. The third-order valence-corrected chi connectivity index (χ3v) is 2.94. The van der Waals surface area contributed by atoms with Crippen LogP contribution in [-0.4, -0.2) is 17.6 Å². The molecule has 2 aromatic rings. The summed E-state index contributed by atoms with van der Waals surface area (Å²) in [6.07, 6.45) is 0.397. The van der Waals surface area contributed by atoms with E-state index < -0.39 is 0 Å². The van der Waals surface area contributed by atoms with Crippen molar-refractivity contribution in [2.24, 2.45) is 0 Å². The first kappa shape index (κ1) is 14.8. The van der Waals surface area contributed by atoms with E-state index in [0.717, 1.165) is 11.3 Å². The van der Waals surface area contributed by atoms with Gasteiger partial charge < -0.3 is 10.4 Å². The molecule has 2 aromatic carbocycles. The molecule has 0 aromatic heterocycles. The van der Waals surface area contributed by atoms with E-state index >= 15 is 0 Å². The minimum Gasteiger partial charge on any atom is -0.395 e. The summed E-state index contributed by atoms with van der Waals surface area (Å²) in [6, 6.07) is 14.8. The molecule has 21 heavy (non-hydrogen) atoms. The lowest BCUT2D eigenvalue weighted by molar-refractivity contribution is 0.102. The van der Waals surface area contributed by atoms with Gasteiger partial charge >= 0.3 is 0 Å². The SMILES string of the molecule is Cc1ccc(NC(=O)c2ccccc2C#CCCO)cc1. The van der Waals surface area contributed by atoms with Gasteiger partial charge in [0.15, 0.2) is 0 Å². The molecule has 0 saturated carbocycles. The molecule has 3 nitrogen and oxygen atoms in total. The van der Waals surface area contributed by atoms with Gasteiger partial charge in [-0.15, -0.1) is 0 Å². The number of rotatable bonds is 3. The Labute approximate surface area is 124 Å². The third kappa shape index (κ3) is 4.20. The second kappa shape index (κ2) is 7.28. The minimum absolute atomic E-state index is 0.0186. The average Bonchev–Trinajstić information content (AvgIpc) is 2.50. The number of nitrogens with one attached hydrogen (secondary N) is 1. The van der Waals surface area contributed by atoms with Crippen molar-refractivity contribution in [1.29, 1.82) is 0 Å². The number of aliphatic hydroxyl groups is 1. The van der Waals surface area contributed by atoms with Crippen LogP contribution < -0.4 is 5.32 Å². The number of aliphatic hydroxyl groups excluding tert-OH is 1. The highest BCUT2D eigenvalue weighted by molar-refractivity contribution is 6.05. The lowest BCUT2D eigenvalue weighted by Gasteiger charge is -2.07. The minimum atomic E-state index is -0.187. The molecule has 0 unspecified atom stereocenters. The standard InChI is InChI=1S/C18H17NO2/c1-14-9-11-16(12-10-14)19-18(21)17-8-3-2-6-15(17)7-4-5-13-20/h2-3,6,8-12,20H,5,13H2,1H3,(H,19,21). The van der Waals surface area contributed by atoms with Crippen LogP contribution in [-0.2, 0) is 0 Å². The summed E-state index contributed by atoms with van der Waals surface area (Å²) in [6.45, 7) is 2.02. The Balaban J connectivity index is 2.19. The van der Waals surface area contributed by atoms with E-state index in [9.17, 15) is 4.79 Å². The Morgan fingerprint density at radius 2 is 1.86 bits per heavy atom. The van der Waals surface area contributed by atoms with Crippen LogP contribution >= 0.6 is 0 Å². The molecule has 2 rings (SSSR count). The number of carbonyl (C=O) groups excluding carboxylic acids is 1. The highest BCUT2D eigenvalue weighted by Crippen LogP contribution is 2.13. The van der Waals surface area contributed by atoms with Crippen LogP contribution in [0.3, 0.4) is 0 Å². The monoisotopic (exact) mass is 279 g/mol. The maximum atomic E-state index is 12.3. The van der Waals surface area contributed by atoms with Crippen molar-refractivity contribution >= 4 is 11.6 Å². The van der Waals surface area contributed by atoms with E-state index in [1.165, 1.54) is 0 Å². The molecule has 0 radical (unpaired) electrons. The zero-order valence-corrected chi connectivity index (χ0v) is 11.9. The maximum Gasteiger partial charge on any atom is 0.256 e. The number of amides is 1. The molecule has 3 heteroatoms. The van der Waals surface area contributed by atoms with Gasteiger partial charge in [0, 0.05) is 17.7 Å². The molecule has 0 atom stereocenters. The quantitative estimate of drug-likeness (QED) is 0.849. The second-order valence-electron chi connectivity index (χ2n) is 4.64. The highest BCUT2D eigenvalue weighted by atomic mass is 16.2. The van der Waals surface area contributed by atoms with Gasteiger partial charge in [-0.1, -0.05) is 41.7 Å². The van der Waals surface area contributed by atoms with Gasteiger partial charge in [-0.05, 0) is 31.2 Å². The zero-order valence-electron chi connectivity index (χ0n) is 11.9. The van der Waals surface area contributed by atoms with E-state index in [2.05, 4.69) is 17.2 Å². The molecule has 0 bridgehead atoms. The Morgan fingerprint density at radius 1 is 1.14 bits per heavy atom. The van der Waals surface area contributed by atoms with Gasteiger partial charge in [-0.2, -0.15) is 0 Å². The van der Waals surface area contributed by atoms with Crippen molar-refractivity contribution in [2.45, 2.75) is 13.3 Å². The molecule has 0 spiro atoms. The summed E-state index contributed by atoms with van der Waals surface area (Å²) in [7, 11) is 0. The van der Waals surface area contributed by atoms with Crippen LogP contribution in [0.15, 0.2) is 48.5 Å². The van der Waals surface area contributed by atoms with Gasteiger partial charge in [0.1, 0.15) is 0 Å². The number of aryl methyl sites for hydroxylation is 1. The molecular formula is C18H17NO2.